The molecule has 3 rings (SSSR count). The van der Waals surface area contributed by atoms with E-state index in [1.165, 1.54) is 18.1 Å². The maximum atomic E-state index is 11.4. The van der Waals surface area contributed by atoms with Crippen LogP contribution in [0.4, 0.5) is 0 Å². The molecule has 0 radical (unpaired) electrons. The van der Waals surface area contributed by atoms with Crippen molar-refractivity contribution in [1.29, 1.82) is 0 Å². The van der Waals surface area contributed by atoms with Gasteiger partial charge >= 0.3 is 5.97 Å². The zero-order valence-electron chi connectivity index (χ0n) is 12.4. The summed E-state index contributed by atoms with van der Waals surface area (Å²) in [5.74, 6) is -0.239. The van der Waals surface area contributed by atoms with Crippen molar-refractivity contribution in [2.24, 2.45) is 0 Å². The predicted molar refractivity (Wildman–Crippen MR) is 82.7 cm³/mol. The van der Waals surface area contributed by atoms with Gasteiger partial charge in [-0.3, -0.25) is 9.69 Å². The summed E-state index contributed by atoms with van der Waals surface area (Å²) in [7, 11) is 2.06. The summed E-state index contributed by atoms with van der Waals surface area (Å²) in [6.07, 6.45) is -0.225. The Labute approximate surface area is 125 Å². The van der Waals surface area contributed by atoms with E-state index in [-0.39, 0.29) is 12.1 Å². The molecule has 108 valence electrons. The highest BCUT2D eigenvalue weighted by Gasteiger charge is 2.24. The molecule has 0 saturated carbocycles. The van der Waals surface area contributed by atoms with Gasteiger partial charge in [-0.05, 0) is 23.7 Å². The Kier molecular flexibility index (Phi) is 3.76. The Morgan fingerprint density at radius 2 is 1.76 bits per heavy atom. The van der Waals surface area contributed by atoms with Crippen molar-refractivity contribution in [1.82, 2.24) is 4.90 Å². The van der Waals surface area contributed by atoms with Crippen LogP contribution in [0.15, 0.2) is 48.5 Å². The van der Waals surface area contributed by atoms with Crippen LogP contribution >= 0.6 is 0 Å². The van der Waals surface area contributed by atoms with Gasteiger partial charge in [-0.25, -0.2) is 0 Å². The number of esters is 1. The van der Waals surface area contributed by atoms with Crippen molar-refractivity contribution in [3.05, 3.63) is 59.7 Å². The quantitative estimate of drug-likeness (QED) is 0.750. The van der Waals surface area contributed by atoms with E-state index in [2.05, 4.69) is 48.3 Å². The van der Waals surface area contributed by atoms with E-state index in [4.69, 9.17) is 4.74 Å². The number of hydrogen-bond donors (Lipinski definition) is 0. The number of ether oxygens (including phenoxy) is 1. The van der Waals surface area contributed by atoms with Gasteiger partial charge in [0.15, 0.2) is 0 Å². The van der Waals surface area contributed by atoms with Crippen molar-refractivity contribution in [3.63, 3.8) is 0 Å². The fourth-order valence-electron chi connectivity index (χ4n) is 2.98. The first kappa shape index (κ1) is 13.8. The Balaban J connectivity index is 2.16. The number of rotatable bonds is 1. The summed E-state index contributed by atoms with van der Waals surface area (Å²) >= 11 is 0. The highest BCUT2D eigenvalue weighted by Crippen LogP contribution is 2.35. The molecule has 21 heavy (non-hydrogen) atoms. The first-order valence-corrected chi connectivity index (χ1v) is 7.18. The molecule has 0 aromatic heterocycles. The second-order valence-electron chi connectivity index (χ2n) is 5.54. The smallest absolute Gasteiger partial charge is 0.303 e. The number of fused-ring (bicyclic) bond motifs is 3. The van der Waals surface area contributed by atoms with Crippen molar-refractivity contribution in [2.75, 3.05) is 13.6 Å². The largest absolute Gasteiger partial charge is 0.456 e. The molecular weight excluding hydrogens is 262 g/mol. The van der Waals surface area contributed by atoms with Crippen LogP contribution in [0.5, 0.6) is 0 Å². The van der Waals surface area contributed by atoms with Gasteiger partial charge < -0.3 is 4.74 Å². The van der Waals surface area contributed by atoms with Gasteiger partial charge in [0.05, 0.1) is 0 Å². The SMILES string of the molecule is CC(=O)O[C@H]1CN(C)Cc2ccccc2-c2ccccc21. The molecule has 0 unspecified atom stereocenters. The van der Waals surface area contributed by atoms with E-state index in [0.717, 1.165) is 17.7 Å². The zero-order chi connectivity index (χ0) is 14.8. The lowest BCUT2D eigenvalue weighted by Gasteiger charge is -2.29. The topological polar surface area (TPSA) is 29.5 Å². The van der Waals surface area contributed by atoms with E-state index >= 15 is 0 Å². The summed E-state index contributed by atoms with van der Waals surface area (Å²) in [4.78, 5) is 13.6. The summed E-state index contributed by atoms with van der Waals surface area (Å²) in [5.41, 5.74) is 4.75. The monoisotopic (exact) mass is 281 g/mol. The predicted octanol–water partition coefficient (Wildman–Crippen LogP) is 3.40. The molecule has 3 heteroatoms. The zero-order valence-corrected chi connectivity index (χ0v) is 12.4. The van der Waals surface area contributed by atoms with E-state index in [1.54, 1.807) is 0 Å². The highest BCUT2D eigenvalue weighted by atomic mass is 16.5. The van der Waals surface area contributed by atoms with Gasteiger partial charge in [-0.1, -0.05) is 48.5 Å². The minimum atomic E-state index is -0.239. The normalized spacial score (nSPS) is 18.1. The third kappa shape index (κ3) is 2.83. The van der Waals surface area contributed by atoms with E-state index in [0.29, 0.717) is 6.54 Å². The second kappa shape index (κ2) is 5.70. The van der Waals surface area contributed by atoms with Gasteiger partial charge in [0.2, 0.25) is 0 Å². The fourth-order valence-corrected chi connectivity index (χ4v) is 2.98. The van der Waals surface area contributed by atoms with Crippen LogP contribution in [0, 0.1) is 0 Å². The summed E-state index contributed by atoms with van der Waals surface area (Å²) in [6, 6.07) is 16.6. The summed E-state index contributed by atoms with van der Waals surface area (Å²) in [5, 5.41) is 0. The van der Waals surface area contributed by atoms with Gasteiger partial charge in [0, 0.05) is 25.6 Å². The number of likely N-dealkylation sites (N-methyl/N-ethyl adjacent to an activating group) is 1. The van der Waals surface area contributed by atoms with Gasteiger partial charge in [0.25, 0.3) is 0 Å². The fraction of sp³-hybridized carbons (Fsp3) is 0.278. The standard InChI is InChI=1S/C18H19NO2/c1-13(20)21-18-12-19(2)11-14-7-3-4-8-15(14)16-9-5-6-10-17(16)18/h3-10,18H,11-12H2,1-2H3/t18-/m0/s1. The maximum absolute atomic E-state index is 11.4. The molecule has 1 aliphatic heterocycles. The lowest BCUT2D eigenvalue weighted by Crippen LogP contribution is -2.28. The number of carbonyl (C=O) groups is 1. The number of carbonyl (C=O) groups excluding carboxylic acids is 1. The minimum absolute atomic E-state index is 0.225. The first-order chi connectivity index (χ1) is 10.1. The molecule has 3 nitrogen and oxygen atoms in total. The van der Waals surface area contributed by atoms with Crippen LogP contribution in [-0.2, 0) is 16.1 Å². The highest BCUT2D eigenvalue weighted by molar-refractivity contribution is 5.72. The molecule has 0 amide bonds. The van der Waals surface area contributed by atoms with Crippen LogP contribution < -0.4 is 0 Å². The molecule has 1 heterocycles. The van der Waals surface area contributed by atoms with Crippen molar-refractivity contribution in [2.45, 2.75) is 19.6 Å². The Hall–Kier alpha value is -2.13. The second-order valence-corrected chi connectivity index (χ2v) is 5.54. The molecule has 1 aliphatic rings. The Morgan fingerprint density at radius 1 is 1.10 bits per heavy atom. The number of benzene rings is 2. The van der Waals surface area contributed by atoms with Crippen LogP contribution in [0.3, 0.4) is 0 Å². The Bertz CT molecular complexity index is 666. The lowest BCUT2D eigenvalue weighted by molar-refractivity contribution is -0.147. The van der Waals surface area contributed by atoms with Gasteiger partial charge in [-0.15, -0.1) is 0 Å². The van der Waals surface area contributed by atoms with Crippen LogP contribution in [0.25, 0.3) is 11.1 Å². The van der Waals surface area contributed by atoms with Crippen LogP contribution in [-0.4, -0.2) is 24.5 Å². The van der Waals surface area contributed by atoms with E-state index in [9.17, 15) is 4.79 Å². The summed E-state index contributed by atoms with van der Waals surface area (Å²) < 4.78 is 5.56. The number of nitrogens with zero attached hydrogens (tertiary/aromatic N) is 1. The van der Waals surface area contributed by atoms with E-state index in [1.807, 2.05) is 12.1 Å². The molecule has 1 atom stereocenters. The third-order valence-electron chi connectivity index (χ3n) is 3.84. The molecule has 0 N–H and O–H groups in total. The van der Waals surface area contributed by atoms with Crippen LogP contribution in [0.2, 0.25) is 0 Å². The molecular formula is C18H19NO2. The average Bonchev–Trinajstić information content (AvgIpc) is 2.45. The third-order valence-corrected chi connectivity index (χ3v) is 3.84. The van der Waals surface area contributed by atoms with Crippen molar-refractivity contribution in [3.8, 4) is 11.1 Å². The van der Waals surface area contributed by atoms with E-state index < -0.39 is 0 Å². The molecule has 0 saturated heterocycles. The first-order valence-electron chi connectivity index (χ1n) is 7.18. The maximum Gasteiger partial charge on any atom is 0.303 e. The minimum Gasteiger partial charge on any atom is -0.456 e. The molecule has 0 bridgehead atoms. The molecule has 2 aromatic carbocycles. The molecule has 2 aromatic rings. The van der Waals surface area contributed by atoms with Crippen molar-refractivity contribution >= 4 is 5.97 Å². The van der Waals surface area contributed by atoms with Crippen molar-refractivity contribution < 1.29 is 9.53 Å². The molecule has 0 spiro atoms. The molecule has 0 fully saturated rings. The van der Waals surface area contributed by atoms with Gasteiger partial charge in [-0.2, -0.15) is 0 Å². The van der Waals surface area contributed by atoms with Crippen LogP contribution in [0.1, 0.15) is 24.2 Å². The lowest BCUT2D eigenvalue weighted by atomic mass is 9.91. The average molecular weight is 281 g/mol. The Morgan fingerprint density at radius 3 is 2.52 bits per heavy atom. The number of hydrogen-bond acceptors (Lipinski definition) is 3. The summed E-state index contributed by atoms with van der Waals surface area (Å²) in [6.45, 7) is 3.02. The molecule has 0 aliphatic carbocycles. The van der Waals surface area contributed by atoms with Gasteiger partial charge in [0.1, 0.15) is 6.10 Å².